The third-order valence-corrected chi connectivity index (χ3v) is 4.11. The molecule has 0 saturated carbocycles. The summed E-state index contributed by atoms with van der Waals surface area (Å²) in [6.07, 6.45) is 1.64. The molecule has 0 saturated heterocycles. The first-order chi connectivity index (χ1) is 9.15. The van der Waals surface area contributed by atoms with Crippen molar-refractivity contribution in [3.05, 3.63) is 64.7 Å². The van der Waals surface area contributed by atoms with Crippen molar-refractivity contribution in [2.45, 2.75) is 25.4 Å². The van der Waals surface area contributed by atoms with Crippen molar-refractivity contribution in [2.24, 2.45) is 0 Å². The highest BCUT2D eigenvalue weighted by atomic mass is 16.5. The molecule has 2 aromatic rings. The Kier molecular flexibility index (Phi) is 2.83. The van der Waals surface area contributed by atoms with Gasteiger partial charge in [-0.2, -0.15) is 0 Å². The van der Waals surface area contributed by atoms with Gasteiger partial charge in [0, 0.05) is 0 Å². The molecule has 2 heteroatoms. The quantitative estimate of drug-likeness (QED) is 0.892. The second-order valence-electron chi connectivity index (χ2n) is 5.20. The number of ether oxygens (including phenoxy) is 1. The number of benzene rings is 2. The Hall–Kier alpha value is -1.80. The number of aliphatic hydroxyl groups is 1. The Labute approximate surface area is 113 Å². The lowest BCUT2D eigenvalue weighted by Crippen LogP contribution is -2.25. The second-order valence-corrected chi connectivity index (χ2v) is 5.20. The number of methoxy groups -OCH3 is 1. The van der Waals surface area contributed by atoms with E-state index in [-0.39, 0.29) is 0 Å². The molecule has 0 aliphatic heterocycles. The zero-order chi connectivity index (χ0) is 13.5. The highest BCUT2D eigenvalue weighted by molar-refractivity contribution is 5.50. The second kappa shape index (κ2) is 4.39. The van der Waals surface area contributed by atoms with Gasteiger partial charge in [-0.25, -0.2) is 0 Å². The average molecular weight is 254 g/mol. The van der Waals surface area contributed by atoms with Gasteiger partial charge >= 0.3 is 0 Å². The Balaban J connectivity index is 2.17. The van der Waals surface area contributed by atoms with Crippen molar-refractivity contribution < 1.29 is 9.84 Å². The Morgan fingerprint density at radius 2 is 1.89 bits per heavy atom. The smallest absolute Gasteiger partial charge is 0.119 e. The standard InChI is InChI=1S/C17H18O2/c1-12-5-3-4-6-15(12)17(18)10-9-13-7-8-14(19-2)11-16(13)17/h3-8,11,18H,9-10H2,1-2H3. The van der Waals surface area contributed by atoms with Gasteiger partial charge in [0.05, 0.1) is 7.11 Å². The minimum Gasteiger partial charge on any atom is -0.497 e. The Bertz CT molecular complexity index is 618. The van der Waals surface area contributed by atoms with Crippen LogP contribution < -0.4 is 4.74 Å². The SMILES string of the molecule is COc1ccc2c(c1)C(O)(c1ccccc1C)CC2. The van der Waals surface area contributed by atoms with Gasteiger partial charge < -0.3 is 9.84 Å². The van der Waals surface area contributed by atoms with Crippen molar-refractivity contribution in [2.75, 3.05) is 7.11 Å². The van der Waals surface area contributed by atoms with Crippen LogP contribution in [0.3, 0.4) is 0 Å². The largest absolute Gasteiger partial charge is 0.497 e. The molecule has 0 heterocycles. The predicted molar refractivity (Wildman–Crippen MR) is 75.5 cm³/mol. The predicted octanol–water partition coefficient (Wildman–Crippen LogP) is 3.19. The summed E-state index contributed by atoms with van der Waals surface area (Å²) in [4.78, 5) is 0. The first-order valence-corrected chi connectivity index (χ1v) is 6.61. The van der Waals surface area contributed by atoms with Crippen molar-refractivity contribution in [1.29, 1.82) is 0 Å². The van der Waals surface area contributed by atoms with Crippen LogP contribution in [-0.2, 0) is 12.0 Å². The summed E-state index contributed by atoms with van der Waals surface area (Å²) < 4.78 is 5.29. The number of hydrogen-bond donors (Lipinski definition) is 1. The van der Waals surface area contributed by atoms with Crippen LogP contribution in [0.25, 0.3) is 0 Å². The van der Waals surface area contributed by atoms with Gasteiger partial charge in [-0.05, 0) is 54.2 Å². The minimum atomic E-state index is -0.880. The number of fused-ring (bicyclic) bond motifs is 1. The van der Waals surface area contributed by atoms with E-state index in [9.17, 15) is 5.11 Å². The molecule has 0 spiro atoms. The molecule has 0 aromatic heterocycles. The summed E-state index contributed by atoms with van der Waals surface area (Å²) in [5.41, 5.74) is 3.45. The zero-order valence-corrected chi connectivity index (χ0v) is 11.3. The fraction of sp³-hybridized carbons (Fsp3) is 0.294. The molecule has 0 amide bonds. The summed E-state index contributed by atoms with van der Waals surface area (Å²) in [6, 6.07) is 14.0. The Morgan fingerprint density at radius 1 is 1.11 bits per heavy atom. The molecule has 98 valence electrons. The molecule has 1 aliphatic carbocycles. The summed E-state index contributed by atoms with van der Waals surface area (Å²) in [6.45, 7) is 2.05. The van der Waals surface area contributed by atoms with Gasteiger partial charge in [-0.15, -0.1) is 0 Å². The molecule has 0 radical (unpaired) electrons. The molecule has 3 rings (SSSR count). The van der Waals surface area contributed by atoms with E-state index in [0.29, 0.717) is 0 Å². The van der Waals surface area contributed by atoms with Crippen molar-refractivity contribution in [3.8, 4) is 5.75 Å². The van der Waals surface area contributed by atoms with Crippen molar-refractivity contribution in [1.82, 2.24) is 0 Å². The van der Waals surface area contributed by atoms with Crippen LogP contribution in [0.1, 0.15) is 28.7 Å². The van der Waals surface area contributed by atoms with E-state index in [0.717, 1.165) is 35.3 Å². The maximum absolute atomic E-state index is 11.2. The van der Waals surface area contributed by atoms with E-state index in [4.69, 9.17) is 4.74 Å². The molecule has 2 aromatic carbocycles. The molecule has 1 unspecified atom stereocenters. The molecular weight excluding hydrogens is 236 g/mol. The van der Waals surface area contributed by atoms with Crippen LogP contribution in [0.15, 0.2) is 42.5 Å². The molecule has 0 fully saturated rings. The number of rotatable bonds is 2. The molecular formula is C17H18O2. The third kappa shape index (κ3) is 1.83. The van der Waals surface area contributed by atoms with Gasteiger partial charge in [0.1, 0.15) is 11.4 Å². The first kappa shape index (κ1) is 12.2. The fourth-order valence-electron chi connectivity index (χ4n) is 3.05. The maximum atomic E-state index is 11.2. The van der Waals surface area contributed by atoms with E-state index in [2.05, 4.69) is 6.07 Å². The number of aryl methyl sites for hydroxylation is 2. The summed E-state index contributed by atoms with van der Waals surface area (Å²) >= 11 is 0. The number of hydrogen-bond acceptors (Lipinski definition) is 2. The molecule has 2 nitrogen and oxygen atoms in total. The van der Waals surface area contributed by atoms with Crippen LogP contribution >= 0.6 is 0 Å². The summed E-state index contributed by atoms with van der Waals surface area (Å²) in [5, 5.41) is 11.2. The molecule has 0 bridgehead atoms. The van der Waals surface area contributed by atoms with E-state index in [1.807, 2.05) is 43.3 Å². The van der Waals surface area contributed by atoms with E-state index < -0.39 is 5.60 Å². The normalized spacial score (nSPS) is 21.2. The third-order valence-electron chi connectivity index (χ3n) is 4.11. The monoisotopic (exact) mass is 254 g/mol. The van der Waals surface area contributed by atoms with Gasteiger partial charge in [-0.3, -0.25) is 0 Å². The van der Waals surface area contributed by atoms with Crippen LogP contribution in [0, 0.1) is 6.92 Å². The lowest BCUT2D eigenvalue weighted by atomic mass is 9.85. The topological polar surface area (TPSA) is 29.5 Å². The van der Waals surface area contributed by atoms with Crippen LogP contribution in [-0.4, -0.2) is 12.2 Å². The van der Waals surface area contributed by atoms with Crippen molar-refractivity contribution >= 4 is 0 Å². The van der Waals surface area contributed by atoms with Crippen molar-refractivity contribution in [3.63, 3.8) is 0 Å². The van der Waals surface area contributed by atoms with E-state index >= 15 is 0 Å². The molecule has 19 heavy (non-hydrogen) atoms. The fourth-order valence-corrected chi connectivity index (χ4v) is 3.05. The summed E-state index contributed by atoms with van der Waals surface area (Å²) in [7, 11) is 1.66. The highest BCUT2D eigenvalue weighted by Gasteiger charge is 2.39. The van der Waals surface area contributed by atoms with E-state index in [1.54, 1.807) is 7.11 Å². The minimum absolute atomic E-state index is 0.736. The maximum Gasteiger partial charge on any atom is 0.119 e. The summed E-state index contributed by atoms with van der Waals surface area (Å²) in [5.74, 6) is 0.799. The van der Waals surface area contributed by atoms with Crippen LogP contribution in [0.2, 0.25) is 0 Å². The van der Waals surface area contributed by atoms with Gasteiger partial charge in [0.25, 0.3) is 0 Å². The van der Waals surface area contributed by atoms with Gasteiger partial charge in [0.2, 0.25) is 0 Å². The lowest BCUT2D eigenvalue weighted by Gasteiger charge is -2.26. The first-order valence-electron chi connectivity index (χ1n) is 6.61. The molecule has 1 N–H and O–H groups in total. The Morgan fingerprint density at radius 3 is 2.63 bits per heavy atom. The van der Waals surface area contributed by atoms with Gasteiger partial charge in [-0.1, -0.05) is 30.3 Å². The lowest BCUT2D eigenvalue weighted by molar-refractivity contribution is 0.0820. The highest BCUT2D eigenvalue weighted by Crippen LogP contribution is 2.44. The average Bonchev–Trinajstić information content (AvgIpc) is 2.77. The molecule has 1 atom stereocenters. The van der Waals surface area contributed by atoms with Crippen LogP contribution in [0.5, 0.6) is 5.75 Å². The van der Waals surface area contributed by atoms with E-state index in [1.165, 1.54) is 5.56 Å². The molecule has 1 aliphatic rings. The van der Waals surface area contributed by atoms with Crippen LogP contribution in [0.4, 0.5) is 0 Å². The zero-order valence-electron chi connectivity index (χ0n) is 11.3. The van der Waals surface area contributed by atoms with Gasteiger partial charge in [0.15, 0.2) is 0 Å².